The molecule has 8 heteroatoms. The van der Waals surface area contributed by atoms with Gasteiger partial charge in [-0.1, -0.05) is 11.8 Å². The van der Waals surface area contributed by atoms with Gasteiger partial charge >= 0.3 is 0 Å². The number of ether oxygens (including phenoxy) is 1. The quantitative estimate of drug-likeness (QED) is 0.772. The number of thioether (sulfide) groups is 1. The Hall–Kier alpha value is -1.09. The highest BCUT2D eigenvalue weighted by atomic mass is 32.2. The van der Waals surface area contributed by atoms with Gasteiger partial charge in [0, 0.05) is 37.9 Å². The summed E-state index contributed by atoms with van der Waals surface area (Å²) in [5, 5.41) is 12.7. The minimum atomic E-state index is 0.415. The van der Waals surface area contributed by atoms with E-state index in [0.29, 0.717) is 6.04 Å². The van der Waals surface area contributed by atoms with E-state index in [2.05, 4.69) is 25.6 Å². The molecule has 0 saturated carbocycles. The minimum absolute atomic E-state index is 0.415. The van der Waals surface area contributed by atoms with Gasteiger partial charge in [0.1, 0.15) is 0 Å². The van der Waals surface area contributed by atoms with Gasteiger partial charge in [-0.3, -0.25) is 4.90 Å². The van der Waals surface area contributed by atoms with Crippen LogP contribution in [0.15, 0.2) is 16.4 Å². The molecule has 0 spiro atoms. The first-order chi connectivity index (χ1) is 11.8. The summed E-state index contributed by atoms with van der Waals surface area (Å²) in [7, 11) is 0. The van der Waals surface area contributed by atoms with Gasteiger partial charge in [-0.25, -0.2) is 4.68 Å². The number of nitrogens with one attached hydrogen (secondary N) is 2. The average molecular weight is 350 g/mol. The van der Waals surface area contributed by atoms with Crippen molar-refractivity contribution in [3.63, 3.8) is 0 Å². The van der Waals surface area contributed by atoms with Crippen LogP contribution in [0.4, 0.5) is 5.95 Å². The largest absolute Gasteiger partial charge is 0.379 e. The predicted octanol–water partition coefficient (Wildman–Crippen LogP) is 1.15. The van der Waals surface area contributed by atoms with Crippen molar-refractivity contribution in [2.24, 2.45) is 0 Å². The van der Waals surface area contributed by atoms with Crippen LogP contribution in [0.25, 0.3) is 0 Å². The lowest BCUT2D eigenvalue weighted by Gasteiger charge is -2.34. The van der Waals surface area contributed by atoms with E-state index in [9.17, 15) is 0 Å². The molecule has 0 bridgehead atoms. The monoisotopic (exact) mass is 350 g/mol. The normalized spacial score (nSPS) is 24.5. The number of morpholine rings is 1. The fourth-order valence-corrected chi connectivity index (χ4v) is 4.08. The van der Waals surface area contributed by atoms with Gasteiger partial charge in [-0.15, -0.1) is 5.10 Å². The Kier molecular flexibility index (Phi) is 5.07. The molecule has 7 nitrogen and oxygen atoms in total. The Morgan fingerprint density at radius 1 is 1.38 bits per heavy atom. The van der Waals surface area contributed by atoms with Crippen molar-refractivity contribution in [2.45, 2.75) is 37.0 Å². The molecule has 4 rings (SSSR count). The zero-order valence-corrected chi connectivity index (χ0v) is 15.1. The summed E-state index contributed by atoms with van der Waals surface area (Å²) >= 11 is 1.59. The fourth-order valence-electron chi connectivity index (χ4n) is 3.72. The molecule has 132 valence electrons. The van der Waals surface area contributed by atoms with E-state index in [1.807, 2.05) is 10.9 Å². The number of fused-ring (bicyclic) bond motifs is 1. The van der Waals surface area contributed by atoms with E-state index in [1.165, 1.54) is 24.1 Å². The van der Waals surface area contributed by atoms with E-state index >= 15 is 0 Å². The third kappa shape index (κ3) is 3.46. The van der Waals surface area contributed by atoms with Crippen molar-refractivity contribution < 1.29 is 4.74 Å². The van der Waals surface area contributed by atoms with Crippen molar-refractivity contribution in [1.82, 2.24) is 25.0 Å². The standard InChI is InChI=1S/C16H26N6OS/c1-24-16-19-15-18-14-12(11-22(15)20-16)3-2-4-13(14)17-5-6-21-7-9-23-10-8-21/h13,17H,2-11H2,1H3,(H,18,19,20). The summed E-state index contributed by atoms with van der Waals surface area (Å²) < 4.78 is 7.42. The SMILES string of the molecule is CSc1nc2n(n1)CC1=C(N2)C(NCCN2CCOCC2)CCC1. The highest BCUT2D eigenvalue weighted by Crippen LogP contribution is 2.31. The first kappa shape index (κ1) is 16.4. The Labute approximate surface area is 147 Å². The zero-order valence-electron chi connectivity index (χ0n) is 14.3. The third-order valence-electron chi connectivity index (χ3n) is 5.05. The Morgan fingerprint density at radius 3 is 3.08 bits per heavy atom. The highest BCUT2D eigenvalue weighted by Gasteiger charge is 2.28. The number of rotatable bonds is 5. The topological polar surface area (TPSA) is 67.2 Å². The molecular formula is C16H26N6OS. The molecule has 2 aliphatic heterocycles. The summed E-state index contributed by atoms with van der Waals surface area (Å²) in [6.07, 6.45) is 5.62. The Bertz CT molecular complexity index is 610. The smallest absolute Gasteiger partial charge is 0.226 e. The molecule has 1 aliphatic carbocycles. The van der Waals surface area contributed by atoms with Crippen LogP contribution in [0.1, 0.15) is 19.3 Å². The van der Waals surface area contributed by atoms with Crippen LogP contribution in [-0.4, -0.2) is 71.4 Å². The summed E-state index contributed by atoms with van der Waals surface area (Å²) in [5.41, 5.74) is 2.82. The summed E-state index contributed by atoms with van der Waals surface area (Å²) in [5.74, 6) is 0.889. The van der Waals surface area contributed by atoms with Crippen LogP contribution in [0.3, 0.4) is 0 Å². The van der Waals surface area contributed by atoms with Crippen molar-refractivity contribution >= 4 is 17.7 Å². The molecule has 3 aliphatic rings. The van der Waals surface area contributed by atoms with Crippen LogP contribution in [0, 0.1) is 0 Å². The van der Waals surface area contributed by atoms with Crippen molar-refractivity contribution in [2.75, 3.05) is 51.0 Å². The second kappa shape index (κ2) is 7.43. The molecule has 1 saturated heterocycles. The lowest BCUT2D eigenvalue weighted by atomic mass is 9.91. The number of nitrogens with zero attached hydrogens (tertiary/aromatic N) is 4. The maximum Gasteiger partial charge on any atom is 0.226 e. The average Bonchev–Trinajstić information content (AvgIpc) is 3.03. The lowest BCUT2D eigenvalue weighted by molar-refractivity contribution is 0.0382. The third-order valence-corrected chi connectivity index (χ3v) is 5.58. The second-order valence-electron chi connectivity index (χ2n) is 6.57. The first-order valence-corrected chi connectivity index (χ1v) is 10.1. The number of hydrogen-bond acceptors (Lipinski definition) is 7. The highest BCUT2D eigenvalue weighted by molar-refractivity contribution is 7.98. The van der Waals surface area contributed by atoms with E-state index in [4.69, 9.17) is 4.74 Å². The number of anilines is 1. The molecule has 0 amide bonds. The summed E-state index contributed by atoms with van der Waals surface area (Å²) in [6.45, 7) is 6.84. The van der Waals surface area contributed by atoms with Gasteiger partial charge in [0.2, 0.25) is 11.1 Å². The Morgan fingerprint density at radius 2 is 2.25 bits per heavy atom. The molecule has 0 radical (unpaired) electrons. The van der Waals surface area contributed by atoms with Crippen LogP contribution >= 0.6 is 11.8 Å². The van der Waals surface area contributed by atoms with Gasteiger partial charge in [0.05, 0.1) is 19.8 Å². The molecule has 1 aromatic rings. The number of hydrogen-bond donors (Lipinski definition) is 2. The van der Waals surface area contributed by atoms with Gasteiger partial charge in [0.25, 0.3) is 0 Å². The van der Waals surface area contributed by atoms with E-state index in [0.717, 1.165) is 63.5 Å². The van der Waals surface area contributed by atoms with Crippen LogP contribution in [-0.2, 0) is 11.3 Å². The molecule has 1 fully saturated rings. The van der Waals surface area contributed by atoms with Crippen LogP contribution in [0.2, 0.25) is 0 Å². The molecule has 0 aromatic carbocycles. The number of aromatic nitrogens is 3. The molecule has 2 N–H and O–H groups in total. The fraction of sp³-hybridized carbons (Fsp3) is 0.750. The van der Waals surface area contributed by atoms with Crippen molar-refractivity contribution in [3.05, 3.63) is 11.3 Å². The van der Waals surface area contributed by atoms with Crippen LogP contribution in [0.5, 0.6) is 0 Å². The maximum atomic E-state index is 5.41. The summed E-state index contributed by atoms with van der Waals surface area (Å²) in [6, 6.07) is 0.415. The second-order valence-corrected chi connectivity index (χ2v) is 7.35. The molecule has 1 unspecified atom stereocenters. The molecule has 3 heterocycles. The number of allylic oxidation sites excluding steroid dienone is 1. The van der Waals surface area contributed by atoms with Gasteiger partial charge < -0.3 is 15.4 Å². The zero-order chi connectivity index (χ0) is 16.4. The minimum Gasteiger partial charge on any atom is -0.379 e. The van der Waals surface area contributed by atoms with E-state index in [1.54, 1.807) is 11.8 Å². The molecular weight excluding hydrogens is 324 g/mol. The summed E-state index contributed by atoms with van der Waals surface area (Å²) in [4.78, 5) is 7.04. The molecule has 1 atom stereocenters. The van der Waals surface area contributed by atoms with Gasteiger partial charge in [-0.05, 0) is 31.1 Å². The van der Waals surface area contributed by atoms with Gasteiger partial charge in [0.15, 0.2) is 0 Å². The molecule has 24 heavy (non-hydrogen) atoms. The van der Waals surface area contributed by atoms with Crippen molar-refractivity contribution in [1.29, 1.82) is 0 Å². The predicted molar refractivity (Wildman–Crippen MR) is 95.4 cm³/mol. The van der Waals surface area contributed by atoms with Crippen LogP contribution < -0.4 is 10.6 Å². The lowest BCUT2D eigenvalue weighted by Crippen LogP contribution is -2.45. The maximum absolute atomic E-state index is 5.41. The van der Waals surface area contributed by atoms with E-state index < -0.39 is 0 Å². The van der Waals surface area contributed by atoms with Gasteiger partial charge in [-0.2, -0.15) is 4.98 Å². The first-order valence-electron chi connectivity index (χ1n) is 8.85. The Balaban J connectivity index is 1.37. The molecule has 1 aromatic heterocycles. The van der Waals surface area contributed by atoms with Crippen molar-refractivity contribution in [3.8, 4) is 0 Å². The van der Waals surface area contributed by atoms with E-state index in [-0.39, 0.29) is 0 Å².